The summed E-state index contributed by atoms with van der Waals surface area (Å²) in [5.74, 6) is 1.47. The van der Waals surface area contributed by atoms with E-state index in [2.05, 4.69) is 15.8 Å². The smallest absolute Gasteiger partial charge is 0.339 e. The lowest BCUT2D eigenvalue weighted by molar-refractivity contribution is 0.252. The molecule has 0 saturated heterocycles. The molecule has 0 atom stereocenters. The van der Waals surface area contributed by atoms with Crippen molar-refractivity contribution < 1.29 is 19.0 Å². The Hall–Kier alpha value is -2.93. The second-order valence-corrected chi connectivity index (χ2v) is 5.23. The van der Waals surface area contributed by atoms with Gasteiger partial charge in [-0.1, -0.05) is 11.6 Å². The van der Waals surface area contributed by atoms with Gasteiger partial charge in [-0.15, -0.1) is 0 Å². The molecule has 0 aliphatic heterocycles. The summed E-state index contributed by atoms with van der Waals surface area (Å²) in [5.41, 5.74) is 3.64. The van der Waals surface area contributed by atoms with E-state index in [1.165, 1.54) is 27.5 Å². The maximum atomic E-state index is 11.8. The van der Waals surface area contributed by atoms with Gasteiger partial charge in [0.05, 0.1) is 27.5 Å². The molecule has 0 fully saturated rings. The number of nitrogens with zero attached hydrogens (tertiary/aromatic N) is 1. The molecular weight excluding hydrogens is 346 g/mol. The third-order valence-electron chi connectivity index (χ3n) is 3.17. The summed E-state index contributed by atoms with van der Waals surface area (Å²) in [7, 11) is 4.57. The van der Waals surface area contributed by atoms with Crippen LogP contribution >= 0.6 is 11.6 Å². The maximum absolute atomic E-state index is 11.8. The molecule has 0 aliphatic rings. The third kappa shape index (κ3) is 5.02. The number of nitrogens with one attached hydrogen (secondary N) is 2. The minimum Gasteiger partial charge on any atom is -0.493 e. The van der Waals surface area contributed by atoms with Gasteiger partial charge < -0.3 is 19.5 Å². The summed E-state index contributed by atoms with van der Waals surface area (Å²) in [6.45, 7) is 0. The number of urea groups is 1. The van der Waals surface area contributed by atoms with Crippen LogP contribution < -0.4 is 25.0 Å². The molecule has 0 bridgehead atoms. The highest BCUT2D eigenvalue weighted by Crippen LogP contribution is 2.37. The van der Waals surface area contributed by atoms with E-state index < -0.39 is 6.03 Å². The zero-order valence-corrected chi connectivity index (χ0v) is 14.8. The molecule has 2 amide bonds. The number of carbonyl (C=O) groups excluding carboxylic acids is 1. The van der Waals surface area contributed by atoms with Crippen LogP contribution in [0.5, 0.6) is 17.2 Å². The lowest BCUT2D eigenvalue weighted by Gasteiger charge is -2.12. The summed E-state index contributed by atoms with van der Waals surface area (Å²) < 4.78 is 15.8. The van der Waals surface area contributed by atoms with Crippen molar-refractivity contribution in [1.82, 2.24) is 5.43 Å². The quantitative estimate of drug-likeness (QED) is 0.607. The van der Waals surface area contributed by atoms with Crippen LogP contribution in [0.2, 0.25) is 5.02 Å². The Morgan fingerprint density at radius 1 is 1.04 bits per heavy atom. The van der Waals surface area contributed by atoms with Gasteiger partial charge in [0.15, 0.2) is 11.5 Å². The largest absolute Gasteiger partial charge is 0.493 e. The van der Waals surface area contributed by atoms with Crippen LogP contribution in [0, 0.1) is 0 Å². The van der Waals surface area contributed by atoms with Gasteiger partial charge in [0, 0.05) is 16.3 Å². The average Bonchev–Trinajstić information content (AvgIpc) is 2.62. The van der Waals surface area contributed by atoms with Crippen molar-refractivity contribution in [2.45, 2.75) is 0 Å². The molecular formula is C17H18ClN3O4. The van der Waals surface area contributed by atoms with Crippen molar-refractivity contribution in [1.29, 1.82) is 0 Å². The molecule has 7 nitrogen and oxygen atoms in total. The summed E-state index contributed by atoms with van der Waals surface area (Å²) in [4.78, 5) is 11.8. The Morgan fingerprint density at radius 2 is 1.64 bits per heavy atom. The van der Waals surface area contributed by atoms with Crippen LogP contribution in [0.15, 0.2) is 41.5 Å². The Kier molecular flexibility index (Phi) is 6.47. The highest BCUT2D eigenvalue weighted by atomic mass is 35.5. The average molecular weight is 364 g/mol. The van der Waals surface area contributed by atoms with Crippen molar-refractivity contribution in [3.8, 4) is 17.2 Å². The van der Waals surface area contributed by atoms with Crippen LogP contribution in [0.3, 0.4) is 0 Å². The molecule has 2 rings (SSSR count). The molecule has 0 radical (unpaired) electrons. The molecule has 0 spiro atoms. The molecule has 2 aromatic rings. The van der Waals surface area contributed by atoms with Gasteiger partial charge >= 0.3 is 6.03 Å². The van der Waals surface area contributed by atoms with Gasteiger partial charge in [0.2, 0.25) is 5.75 Å². The lowest BCUT2D eigenvalue weighted by Crippen LogP contribution is -2.24. The molecule has 0 aromatic heterocycles. The normalized spacial score (nSPS) is 10.4. The lowest BCUT2D eigenvalue weighted by atomic mass is 10.2. The standard InChI is InChI=1S/C17H18ClN3O4/c1-23-14-8-11(9-15(24-2)16(14)25-3)10-19-21-17(22)20-13-6-4-12(18)5-7-13/h4-10H,1-3H3,(H2,20,21,22)/b19-10-. The van der Waals surface area contributed by atoms with Crippen LogP contribution in [-0.4, -0.2) is 33.6 Å². The van der Waals surface area contributed by atoms with Crippen LogP contribution in [0.4, 0.5) is 10.5 Å². The summed E-state index contributed by atoms with van der Waals surface area (Å²) >= 11 is 5.79. The first-order chi connectivity index (χ1) is 12.1. The van der Waals surface area contributed by atoms with Crippen molar-refractivity contribution in [2.75, 3.05) is 26.6 Å². The first-order valence-electron chi connectivity index (χ1n) is 7.23. The SMILES string of the molecule is COc1cc(/C=N\NC(=O)Nc2ccc(Cl)cc2)cc(OC)c1OC. The van der Waals surface area contributed by atoms with Crippen molar-refractivity contribution in [3.05, 3.63) is 47.0 Å². The van der Waals surface area contributed by atoms with E-state index >= 15 is 0 Å². The number of carbonyl (C=O) groups is 1. The second kappa shape index (κ2) is 8.79. The van der Waals surface area contributed by atoms with E-state index in [1.54, 1.807) is 36.4 Å². The Labute approximate surface area is 150 Å². The zero-order valence-electron chi connectivity index (χ0n) is 14.0. The number of benzene rings is 2. The minimum atomic E-state index is -0.481. The van der Waals surface area contributed by atoms with Gasteiger partial charge in [-0.25, -0.2) is 10.2 Å². The number of ether oxygens (including phenoxy) is 3. The summed E-state index contributed by atoms with van der Waals surface area (Å²) in [5, 5.41) is 7.11. The van der Waals surface area contributed by atoms with E-state index in [0.717, 1.165) is 0 Å². The fourth-order valence-corrected chi connectivity index (χ4v) is 2.16. The van der Waals surface area contributed by atoms with Gasteiger partial charge in [-0.05, 0) is 36.4 Å². The fourth-order valence-electron chi connectivity index (χ4n) is 2.03. The van der Waals surface area contributed by atoms with Gasteiger partial charge in [-0.3, -0.25) is 0 Å². The first-order valence-corrected chi connectivity index (χ1v) is 7.60. The van der Waals surface area contributed by atoms with Gasteiger partial charge in [0.25, 0.3) is 0 Å². The van der Waals surface area contributed by atoms with E-state index in [9.17, 15) is 4.79 Å². The zero-order chi connectivity index (χ0) is 18.2. The number of methoxy groups -OCH3 is 3. The number of hydrogen-bond acceptors (Lipinski definition) is 5. The number of halogens is 1. The highest BCUT2D eigenvalue weighted by Gasteiger charge is 2.12. The van der Waals surface area contributed by atoms with Crippen molar-refractivity contribution in [3.63, 3.8) is 0 Å². The highest BCUT2D eigenvalue weighted by molar-refractivity contribution is 6.30. The van der Waals surface area contributed by atoms with E-state index in [-0.39, 0.29) is 0 Å². The number of anilines is 1. The van der Waals surface area contributed by atoms with E-state index in [1.807, 2.05) is 0 Å². The van der Waals surface area contributed by atoms with Crippen molar-refractivity contribution in [2.24, 2.45) is 5.10 Å². The number of amides is 2. The van der Waals surface area contributed by atoms with E-state index in [0.29, 0.717) is 33.5 Å². The molecule has 0 saturated carbocycles. The molecule has 132 valence electrons. The maximum Gasteiger partial charge on any atom is 0.339 e. The Balaban J connectivity index is 2.03. The topological polar surface area (TPSA) is 81.2 Å². The van der Waals surface area contributed by atoms with E-state index in [4.69, 9.17) is 25.8 Å². The van der Waals surface area contributed by atoms with Crippen LogP contribution in [-0.2, 0) is 0 Å². The second-order valence-electron chi connectivity index (χ2n) is 4.79. The predicted molar refractivity (Wildman–Crippen MR) is 97.3 cm³/mol. The first kappa shape index (κ1) is 18.4. The summed E-state index contributed by atoms with van der Waals surface area (Å²) in [6.07, 6.45) is 1.46. The van der Waals surface area contributed by atoms with Crippen molar-refractivity contribution >= 4 is 29.5 Å². The third-order valence-corrected chi connectivity index (χ3v) is 3.42. The van der Waals surface area contributed by atoms with Crippen LogP contribution in [0.25, 0.3) is 0 Å². The molecule has 25 heavy (non-hydrogen) atoms. The molecule has 2 aromatic carbocycles. The van der Waals surface area contributed by atoms with Crippen LogP contribution in [0.1, 0.15) is 5.56 Å². The molecule has 0 unspecified atom stereocenters. The molecule has 0 heterocycles. The minimum absolute atomic E-state index is 0.481. The Morgan fingerprint density at radius 3 is 2.16 bits per heavy atom. The Bertz CT molecular complexity index is 738. The fraction of sp³-hybridized carbons (Fsp3) is 0.176. The monoisotopic (exact) mass is 363 g/mol. The summed E-state index contributed by atoms with van der Waals surface area (Å²) in [6, 6.07) is 9.67. The molecule has 2 N–H and O–H groups in total. The number of hydrazone groups is 1. The van der Waals surface area contributed by atoms with Gasteiger partial charge in [-0.2, -0.15) is 5.10 Å². The predicted octanol–water partition coefficient (Wildman–Crippen LogP) is 3.52. The molecule has 0 aliphatic carbocycles. The van der Waals surface area contributed by atoms with Gasteiger partial charge in [0.1, 0.15) is 0 Å². The number of rotatable bonds is 6. The number of hydrogen-bond donors (Lipinski definition) is 2. The molecule has 8 heteroatoms.